The third-order valence-electron chi connectivity index (χ3n) is 6.61. The van der Waals surface area contributed by atoms with Gasteiger partial charge in [0.1, 0.15) is 12.4 Å². The zero-order valence-corrected chi connectivity index (χ0v) is 20.2. The highest BCUT2D eigenvalue weighted by Gasteiger charge is 2.20. The topological polar surface area (TPSA) is 44.8 Å². The van der Waals surface area contributed by atoms with Gasteiger partial charge in [-0.1, -0.05) is 54.6 Å². The average Bonchev–Trinajstić information content (AvgIpc) is 2.89. The summed E-state index contributed by atoms with van der Waals surface area (Å²) in [5.74, 6) is 0.696. The molecule has 1 aliphatic rings. The Morgan fingerprint density at radius 2 is 1.56 bits per heavy atom. The molecule has 178 valence electrons. The fourth-order valence-electron chi connectivity index (χ4n) is 4.25. The van der Waals surface area contributed by atoms with Crippen molar-refractivity contribution in [2.75, 3.05) is 39.8 Å². The van der Waals surface area contributed by atoms with Gasteiger partial charge in [-0.3, -0.25) is 9.69 Å². The second kappa shape index (κ2) is 11.8. The molecule has 34 heavy (non-hydrogen) atoms. The molecule has 4 rings (SSSR count). The highest BCUT2D eigenvalue weighted by atomic mass is 16.5. The number of nitrogens with one attached hydrogen (secondary N) is 1. The second-order valence-corrected chi connectivity index (χ2v) is 9.06. The monoisotopic (exact) mass is 457 g/mol. The van der Waals surface area contributed by atoms with Gasteiger partial charge in [-0.15, -0.1) is 0 Å². The second-order valence-electron chi connectivity index (χ2n) is 9.06. The maximum absolute atomic E-state index is 12.5. The fraction of sp³-hybridized carbons (Fsp3) is 0.345. The predicted molar refractivity (Wildman–Crippen MR) is 137 cm³/mol. The van der Waals surface area contributed by atoms with Gasteiger partial charge >= 0.3 is 0 Å². The van der Waals surface area contributed by atoms with Crippen LogP contribution in [-0.2, 0) is 13.0 Å². The van der Waals surface area contributed by atoms with Crippen LogP contribution in [0.2, 0.25) is 0 Å². The van der Waals surface area contributed by atoms with Crippen molar-refractivity contribution < 1.29 is 9.53 Å². The van der Waals surface area contributed by atoms with E-state index >= 15 is 0 Å². The van der Waals surface area contributed by atoms with E-state index in [2.05, 4.69) is 53.4 Å². The predicted octanol–water partition coefficient (Wildman–Crippen LogP) is 4.55. The molecule has 0 saturated carbocycles. The fourth-order valence-corrected chi connectivity index (χ4v) is 4.25. The van der Waals surface area contributed by atoms with Crippen LogP contribution in [0.25, 0.3) is 0 Å². The molecule has 0 spiro atoms. The van der Waals surface area contributed by atoms with Crippen LogP contribution in [0.5, 0.6) is 5.75 Å². The maximum atomic E-state index is 12.5. The van der Waals surface area contributed by atoms with Gasteiger partial charge < -0.3 is 15.0 Å². The summed E-state index contributed by atoms with van der Waals surface area (Å²) in [4.78, 5) is 17.4. The van der Waals surface area contributed by atoms with Crippen LogP contribution in [-0.4, -0.2) is 55.5 Å². The van der Waals surface area contributed by atoms with Crippen molar-refractivity contribution in [1.29, 1.82) is 0 Å². The van der Waals surface area contributed by atoms with Crippen molar-refractivity contribution in [3.8, 4) is 5.75 Å². The van der Waals surface area contributed by atoms with Gasteiger partial charge in [0.2, 0.25) is 0 Å². The van der Waals surface area contributed by atoms with Crippen LogP contribution in [0.15, 0.2) is 78.9 Å². The van der Waals surface area contributed by atoms with Crippen LogP contribution in [0.4, 0.5) is 0 Å². The summed E-state index contributed by atoms with van der Waals surface area (Å²) in [6.07, 6.45) is 0.813. The summed E-state index contributed by atoms with van der Waals surface area (Å²) < 4.78 is 5.80. The molecule has 1 N–H and O–H groups in total. The molecule has 1 unspecified atom stereocenters. The highest BCUT2D eigenvalue weighted by molar-refractivity contribution is 5.94. The lowest BCUT2D eigenvalue weighted by molar-refractivity contribution is 0.0954. The molecule has 0 aromatic heterocycles. The van der Waals surface area contributed by atoms with Crippen molar-refractivity contribution in [1.82, 2.24) is 15.1 Å². The van der Waals surface area contributed by atoms with E-state index in [0.717, 1.165) is 43.9 Å². The van der Waals surface area contributed by atoms with E-state index in [4.69, 9.17) is 4.74 Å². The molecule has 1 atom stereocenters. The number of hydrogen-bond acceptors (Lipinski definition) is 4. The number of likely N-dealkylation sites (N-methyl/N-ethyl adjacent to an activating group) is 1. The molecule has 0 radical (unpaired) electrons. The molecule has 3 aromatic carbocycles. The van der Waals surface area contributed by atoms with E-state index < -0.39 is 0 Å². The van der Waals surface area contributed by atoms with E-state index in [-0.39, 0.29) is 5.91 Å². The van der Waals surface area contributed by atoms with Gasteiger partial charge in [0, 0.05) is 44.3 Å². The first kappa shape index (κ1) is 24.0. The molecule has 0 bridgehead atoms. The first-order valence-electron chi connectivity index (χ1n) is 12.1. The van der Waals surface area contributed by atoms with Crippen molar-refractivity contribution in [3.05, 3.63) is 101 Å². The number of piperazine rings is 1. The van der Waals surface area contributed by atoms with Gasteiger partial charge in [0.05, 0.1) is 0 Å². The summed E-state index contributed by atoms with van der Waals surface area (Å²) in [6, 6.07) is 26.6. The Morgan fingerprint density at radius 1 is 0.882 bits per heavy atom. The number of amides is 1. The number of ether oxygens (including phenoxy) is 1. The van der Waals surface area contributed by atoms with E-state index in [0.29, 0.717) is 24.8 Å². The van der Waals surface area contributed by atoms with Crippen LogP contribution in [0, 0.1) is 0 Å². The van der Waals surface area contributed by atoms with Crippen LogP contribution >= 0.6 is 0 Å². The summed E-state index contributed by atoms with van der Waals surface area (Å²) in [5.41, 5.74) is 4.35. The molecule has 0 aliphatic carbocycles. The van der Waals surface area contributed by atoms with Crippen molar-refractivity contribution >= 4 is 5.91 Å². The first-order chi connectivity index (χ1) is 16.6. The number of carbonyl (C=O) groups excluding carboxylic acids is 1. The van der Waals surface area contributed by atoms with Gasteiger partial charge in [-0.05, 0) is 61.3 Å². The minimum absolute atomic E-state index is 0.0603. The molecule has 1 heterocycles. The van der Waals surface area contributed by atoms with Gasteiger partial charge in [0.25, 0.3) is 5.91 Å². The zero-order valence-electron chi connectivity index (χ0n) is 20.2. The molecule has 1 saturated heterocycles. The van der Waals surface area contributed by atoms with E-state index in [1.165, 1.54) is 11.1 Å². The molecule has 5 heteroatoms. The summed E-state index contributed by atoms with van der Waals surface area (Å²) in [7, 11) is 2.19. The van der Waals surface area contributed by atoms with Crippen molar-refractivity contribution in [2.45, 2.75) is 26.0 Å². The van der Waals surface area contributed by atoms with E-state index in [1.54, 1.807) is 0 Å². The first-order valence-corrected chi connectivity index (χ1v) is 12.1. The average molecular weight is 458 g/mol. The van der Waals surface area contributed by atoms with Crippen LogP contribution in [0.1, 0.15) is 40.0 Å². The Bertz CT molecular complexity index is 1030. The lowest BCUT2D eigenvalue weighted by Gasteiger charge is -2.36. The maximum Gasteiger partial charge on any atom is 0.251 e. The Balaban J connectivity index is 1.20. The summed E-state index contributed by atoms with van der Waals surface area (Å²) in [6.45, 7) is 7.91. The molecule has 5 nitrogen and oxygen atoms in total. The largest absolute Gasteiger partial charge is 0.489 e. The standard InChI is InChI=1S/C29H35N3O2/c1-23(32-20-18-31(2)19-21-32)26-10-8-24(9-11-26)16-17-30-29(33)27-12-14-28(15-13-27)34-22-25-6-4-3-5-7-25/h3-15,23H,16-22H2,1-2H3,(H,30,33). The minimum atomic E-state index is -0.0603. The van der Waals surface area contributed by atoms with Gasteiger partial charge in [-0.2, -0.15) is 0 Å². The molecule has 1 fully saturated rings. The smallest absolute Gasteiger partial charge is 0.251 e. The molecule has 3 aromatic rings. The Labute approximate surface area is 203 Å². The SMILES string of the molecule is CC(c1ccc(CCNC(=O)c2ccc(OCc3ccccc3)cc2)cc1)N1CCN(C)CC1. The Kier molecular flexibility index (Phi) is 8.34. The number of benzene rings is 3. The lowest BCUT2D eigenvalue weighted by atomic mass is 10.0. The molecular formula is C29H35N3O2. The number of rotatable bonds is 9. The van der Waals surface area contributed by atoms with Crippen molar-refractivity contribution in [3.63, 3.8) is 0 Å². The third-order valence-corrected chi connectivity index (χ3v) is 6.61. The zero-order chi connectivity index (χ0) is 23.8. The Hall–Kier alpha value is -3.15. The molecular weight excluding hydrogens is 422 g/mol. The Morgan fingerprint density at radius 3 is 2.24 bits per heavy atom. The quantitative estimate of drug-likeness (QED) is 0.512. The number of nitrogens with zero attached hydrogens (tertiary/aromatic N) is 2. The minimum Gasteiger partial charge on any atom is -0.489 e. The van der Waals surface area contributed by atoms with E-state index in [9.17, 15) is 4.79 Å². The summed E-state index contributed by atoms with van der Waals surface area (Å²) in [5, 5.41) is 3.03. The molecule has 1 aliphatic heterocycles. The van der Waals surface area contributed by atoms with Gasteiger partial charge in [0.15, 0.2) is 0 Å². The highest BCUT2D eigenvalue weighted by Crippen LogP contribution is 2.22. The molecule has 1 amide bonds. The third kappa shape index (κ3) is 6.69. The number of carbonyl (C=O) groups is 1. The lowest BCUT2D eigenvalue weighted by Crippen LogP contribution is -2.45. The van der Waals surface area contributed by atoms with Crippen LogP contribution in [0.3, 0.4) is 0 Å². The van der Waals surface area contributed by atoms with Crippen LogP contribution < -0.4 is 10.1 Å². The van der Waals surface area contributed by atoms with Gasteiger partial charge in [-0.25, -0.2) is 0 Å². The summed E-state index contributed by atoms with van der Waals surface area (Å²) >= 11 is 0. The normalized spacial score (nSPS) is 15.6. The van der Waals surface area contributed by atoms with Crippen molar-refractivity contribution in [2.24, 2.45) is 0 Å². The van der Waals surface area contributed by atoms with E-state index in [1.807, 2.05) is 54.6 Å². The number of hydrogen-bond donors (Lipinski definition) is 1.